The Kier molecular flexibility index (Phi) is 7.08. The van der Waals surface area contributed by atoms with Crippen LogP contribution in [0.2, 0.25) is 0 Å². The molecule has 3 rings (SSSR count). The van der Waals surface area contributed by atoms with Gasteiger partial charge in [0.25, 0.3) is 5.88 Å². The summed E-state index contributed by atoms with van der Waals surface area (Å²) >= 11 is 0. The normalized spacial score (nSPS) is 14.6. The summed E-state index contributed by atoms with van der Waals surface area (Å²) < 4.78 is 34.0. The molecule has 0 unspecified atom stereocenters. The zero-order valence-electron chi connectivity index (χ0n) is 17.6. The third-order valence-corrected chi connectivity index (χ3v) is 5.89. The highest BCUT2D eigenvalue weighted by atomic mass is 32.2. The second-order valence-electron chi connectivity index (χ2n) is 7.06. The number of nitrogens with one attached hydrogen (secondary N) is 1. The van der Waals surface area contributed by atoms with E-state index in [0.717, 1.165) is 12.6 Å². The topological polar surface area (TPSA) is 154 Å². The first-order valence-corrected chi connectivity index (χ1v) is 11.7. The number of hydrogen-bond donors (Lipinski definition) is 1. The molecule has 1 N–H and O–H groups in total. The number of amides is 1. The predicted molar refractivity (Wildman–Crippen MR) is 114 cm³/mol. The third kappa shape index (κ3) is 5.60. The van der Waals surface area contributed by atoms with Crippen LogP contribution in [0.4, 0.5) is 22.0 Å². The molecule has 13 heteroatoms. The van der Waals surface area contributed by atoms with Crippen molar-refractivity contribution in [2.75, 3.05) is 31.3 Å². The summed E-state index contributed by atoms with van der Waals surface area (Å²) in [5, 5.41) is 14.5. The number of ether oxygens (including phenoxy) is 2. The lowest BCUT2D eigenvalue weighted by Crippen LogP contribution is -2.42. The van der Waals surface area contributed by atoms with Crippen molar-refractivity contribution in [3.8, 4) is 5.88 Å². The second kappa shape index (κ2) is 9.77. The molecule has 1 aromatic carbocycles. The first-order valence-electron chi connectivity index (χ1n) is 9.84. The zero-order valence-corrected chi connectivity index (χ0v) is 18.4. The fourth-order valence-electron chi connectivity index (χ4n) is 3.16. The Bertz CT molecular complexity index is 1080. The van der Waals surface area contributed by atoms with Gasteiger partial charge < -0.3 is 19.7 Å². The van der Waals surface area contributed by atoms with Crippen LogP contribution in [0.25, 0.3) is 0 Å². The molecule has 0 saturated carbocycles. The van der Waals surface area contributed by atoms with Gasteiger partial charge in [-0.3, -0.25) is 10.1 Å². The van der Waals surface area contributed by atoms with Gasteiger partial charge in [0.05, 0.1) is 16.4 Å². The van der Waals surface area contributed by atoms with Crippen molar-refractivity contribution in [2.45, 2.75) is 30.8 Å². The lowest BCUT2D eigenvalue weighted by atomic mass is 10.1. The summed E-state index contributed by atoms with van der Waals surface area (Å²) in [5.74, 6) is -0.272. The summed E-state index contributed by atoms with van der Waals surface area (Å²) in [4.78, 5) is 32.5. The van der Waals surface area contributed by atoms with Crippen LogP contribution in [-0.4, -0.2) is 66.4 Å². The average Bonchev–Trinajstić information content (AvgIpc) is 2.74. The van der Waals surface area contributed by atoms with E-state index >= 15 is 0 Å². The molecule has 0 aliphatic carbocycles. The van der Waals surface area contributed by atoms with Gasteiger partial charge in [0.15, 0.2) is 9.84 Å². The van der Waals surface area contributed by atoms with Crippen LogP contribution in [-0.2, 0) is 14.6 Å². The molecule has 12 nitrogen and oxygen atoms in total. The number of nitro groups is 1. The minimum Gasteiger partial charge on any atom is -0.469 e. The van der Waals surface area contributed by atoms with Crippen LogP contribution < -0.4 is 10.1 Å². The van der Waals surface area contributed by atoms with Crippen LogP contribution in [0.1, 0.15) is 19.8 Å². The number of rotatable bonds is 7. The number of sulfone groups is 1. The van der Waals surface area contributed by atoms with E-state index in [4.69, 9.17) is 9.47 Å². The molecule has 1 amide bonds. The van der Waals surface area contributed by atoms with Gasteiger partial charge in [-0.05, 0) is 31.2 Å². The Morgan fingerprint density at radius 3 is 2.47 bits per heavy atom. The molecule has 0 atom stereocenters. The molecule has 0 bridgehead atoms. The van der Waals surface area contributed by atoms with Crippen LogP contribution in [0.15, 0.2) is 35.5 Å². The van der Waals surface area contributed by atoms with E-state index in [0.29, 0.717) is 31.6 Å². The molecule has 32 heavy (non-hydrogen) atoms. The predicted octanol–water partition coefficient (Wildman–Crippen LogP) is 2.53. The van der Waals surface area contributed by atoms with Crippen molar-refractivity contribution in [1.29, 1.82) is 0 Å². The number of nitrogens with zero attached hydrogens (tertiary/aromatic N) is 4. The first-order chi connectivity index (χ1) is 15.2. The molecule has 1 saturated heterocycles. The van der Waals surface area contributed by atoms with Crippen molar-refractivity contribution in [3.63, 3.8) is 0 Å². The molecule has 0 spiro atoms. The summed E-state index contributed by atoms with van der Waals surface area (Å²) in [6.07, 6.45) is 2.41. The quantitative estimate of drug-likeness (QED) is 0.476. The van der Waals surface area contributed by atoms with Crippen LogP contribution in [0.5, 0.6) is 5.88 Å². The van der Waals surface area contributed by atoms with Crippen molar-refractivity contribution < 1.29 is 27.6 Å². The summed E-state index contributed by atoms with van der Waals surface area (Å²) in [6, 6.07) is 5.74. The minimum atomic E-state index is -3.36. The van der Waals surface area contributed by atoms with Crippen molar-refractivity contribution >= 4 is 33.1 Å². The maximum absolute atomic E-state index is 11.8. The number of likely N-dealkylation sites (tertiary alicyclic amines) is 1. The molecule has 1 aliphatic rings. The number of carbonyl (C=O) groups is 1. The number of hydrogen-bond acceptors (Lipinski definition) is 10. The standard InChI is InChI=1S/C19H23N5O7S/c1-3-30-19(25)23-10-8-14(9-11-23)31-18-16(24(26)27)17(20-12-21-18)22-13-4-6-15(7-5-13)32(2,28)29/h4-7,12,14H,3,8-11H2,1-2H3,(H,20,21,22). The van der Waals surface area contributed by atoms with Gasteiger partial charge in [-0.25, -0.2) is 18.2 Å². The summed E-state index contributed by atoms with van der Waals surface area (Å²) in [6.45, 7) is 2.82. The highest BCUT2D eigenvalue weighted by Crippen LogP contribution is 2.34. The molecular weight excluding hydrogens is 442 g/mol. The van der Waals surface area contributed by atoms with Gasteiger partial charge in [0, 0.05) is 37.9 Å². The van der Waals surface area contributed by atoms with E-state index in [9.17, 15) is 23.3 Å². The second-order valence-corrected chi connectivity index (χ2v) is 9.07. The van der Waals surface area contributed by atoms with Gasteiger partial charge in [0.1, 0.15) is 12.4 Å². The van der Waals surface area contributed by atoms with E-state index in [1.807, 2.05) is 0 Å². The molecule has 2 aromatic rings. The van der Waals surface area contributed by atoms with Crippen LogP contribution in [0.3, 0.4) is 0 Å². The van der Waals surface area contributed by atoms with E-state index < -0.39 is 26.5 Å². The number of benzene rings is 1. The van der Waals surface area contributed by atoms with E-state index in [1.165, 1.54) is 24.3 Å². The van der Waals surface area contributed by atoms with Gasteiger partial charge >= 0.3 is 11.8 Å². The SMILES string of the molecule is CCOC(=O)N1CCC(Oc2ncnc(Nc3ccc(S(C)(=O)=O)cc3)c2[N+](=O)[O-])CC1. The lowest BCUT2D eigenvalue weighted by Gasteiger charge is -2.31. The molecule has 172 valence electrons. The third-order valence-electron chi connectivity index (χ3n) is 4.76. The Labute approximate surface area is 184 Å². The lowest BCUT2D eigenvalue weighted by molar-refractivity contribution is -0.385. The molecule has 1 fully saturated rings. The Morgan fingerprint density at radius 1 is 1.25 bits per heavy atom. The van der Waals surface area contributed by atoms with E-state index in [2.05, 4.69) is 15.3 Å². The monoisotopic (exact) mass is 465 g/mol. The number of piperidine rings is 1. The first kappa shape index (κ1) is 23.2. The molecule has 0 radical (unpaired) electrons. The Hall–Kier alpha value is -3.48. The summed E-state index contributed by atoms with van der Waals surface area (Å²) in [5.41, 5.74) is -0.0274. The fourth-order valence-corrected chi connectivity index (χ4v) is 3.79. The number of anilines is 2. The molecular formula is C19H23N5O7S. The molecule has 2 heterocycles. The molecule has 1 aromatic heterocycles. The molecule has 1 aliphatic heterocycles. The number of carbonyl (C=O) groups excluding carboxylic acids is 1. The van der Waals surface area contributed by atoms with Crippen LogP contribution in [0, 0.1) is 10.1 Å². The Morgan fingerprint density at radius 2 is 1.91 bits per heavy atom. The van der Waals surface area contributed by atoms with E-state index in [1.54, 1.807) is 11.8 Å². The van der Waals surface area contributed by atoms with Crippen molar-refractivity contribution in [1.82, 2.24) is 14.9 Å². The highest BCUT2D eigenvalue weighted by molar-refractivity contribution is 7.90. The maximum Gasteiger partial charge on any atom is 0.409 e. The fraction of sp³-hybridized carbons (Fsp3) is 0.421. The zero-order chi connectivity index (χ0) is 23.3. The number of aromatic nitrogens is 2. The highest BCUT2D eigenvalue weighted by Gasteiger charge is 2.30. The van der Waals surface area contributed by atoms with Gasteiger partial charge in [0.2, 0.25) is 5.82 Å². The van der Waals surface area contributed by atoms with Gasteiger partial charge in [-0.15, -0.1) is 0 Å². The van der Waals surface area contributed by atoms with E-state index in [-0.39, 0.29) is 29.3 Å². The van der Waals surface area contributed by atoms with Gasteiger partial charge in [-0.1, -0.05) is 0 Å². The summed E-state index contributed by atoms with van der Waals surface area (Å²) in [7, 11) is -3.36. The minimum absolute atomic E-state index is 0.0870. The maximum atomic E-state index is 11.8. The smallest absolute Gasteiger partial charge is 0.409 e. The van der Waals surface area contributed by atoms with Gasteiger partial charge in [-0.2, -0.15) is 4.98 Å². The Balaban J connectivity index is 1.74. The largest absolute Gasteiger partial charge is 0.469 e. The van der Waals surface area contributed by atoms with Crippen LogP contribution >= 0.6 is 0 Å². The van der Waals surface area contributed by atoms with Crippen molar-refractivity contribution in [2.24, 2.45) is 0 Å². The average molecular weight is 465 g/mol. The van der Waals surface area contributed by atoms with Crippen molar-refractivity contribution in [3.05, 3.63) is 40.7 Å².